The van der Waals surface area contributed by atoms with Crippen LogP contribution in [0, 0.1) is 0 Å². The quantitative estimate of drug-likeness (QED) is 0.0873. The lowest BCUT2D eigenvalue weighted by Gasteiger charge is -2.35. The highest BCUT2D eigenvalue weighted by Gasteiger charge is 2.33. The molecule has 4 aromatic carbocycles. The van der Waals surface area contributed by atoms with Crippen molar-refractivity contribution < 1.29 is 45.4 Å². The molecule has 1 aliphatic heterocycles. The van der Waals surface area contributed by atoms with E-state index in [1.807, 2.05) is 12.2 Å². The van der Waals surface area contributed by atoms with E-state index in [4.69, 9.17) is 19.2 Å². The van der Waals surface area contributed by atoms with Crippen LogP contribution in [0.4, 0.5) is 35.2 Å². The molecule has 338 valence electrons. The predicted molar refractivity (Wildman–Crippen MR) is 245 cm³/mol. The molecule has 0 saturated carbocycles. The fraction of sp³-hybridized carbons (Fsp3) is 0.340. The zero-order valence-electron chi connectivity index (χ0n) is 36.6. The molecule has 2 heterocycles. The van der Waals surface area contributed by atoms with Gasteiger partial charge in [-0.3, -0.25) is 4.79 Å². The smallest absolute Gasteiger partial charge is 0.416 e. The summed E-state index contributed by atoms with van der Waals surface area (Å²) >= 11 is 0. The molecule has 0 radical (unpaired) electrons. The van der Waals surface area contributed by atoms with E-state index < -0.39 is 47.4 Å². The van der Waals surface area contributed by atoms with Gasteiger partial charge in [0.2, 0.25) is 10.0 Å². The molecule has 7 rings (SSSR count). The predicted octanol–water partition coefficient (Wildman–Crippen LogP) is 10.7. The minimum Gasteiger partial charge on any atom is -0.456 e. The van der Waals surface area contributed by atoms with Crippen LogP contribution in [0.5, 0.6) is 11.5 Å². The zero-order chi connectivity index (χ0) is 46.0. The van der Waals surface area contributed by atoms with Gasteiger partial charge in [0, 0.05) is 80.7 Å². The van der Waals surface area contributed by atoms with Crippen LogP contribution in [0.25, 0.3) is 16.8 Å². The number of amides is 2. The summed E-state index contributed by atoms with van der Waals surface area (Å²) in [4.78, 5) is 32.7. The van der Waals surface area contributed by atoms with Gasteiger partial charge in [-0.05, 0) is 86.8 Å². The lowest BCUT2D eigenvalue weighted by molar-refractivity contribution is -0.137. The van der Waals surface area contributed by atoms with Gasteiger partial charge in [0.15, 0.2) is 0 Å². The summed E-state index contributed by atoms with van der Waals surface area (Å²) in [6, 6.07) is 23.9. The van der Waals surface area contributed by atoms with Crippen molar-refractivity contribution in [3.8, 4) is 11.5 Å². The van der Waals surface area contributed by atoms with Crippen LogP contribution in [-0.4, -0.2) is 87.7 Å². The molecule has 12 nitrogen and oxygen atoms in total. The molecule has 2 N–H and O–H groups in total. The topological polar surface area (TPSA) is 139 Å². The fourth-order valence-corrected chi connectivity index (χ4v) is 9.46. The van der Waals surface area contributed by atoms with Crippen molar-refractivity contribution in [2.24, 2.45) is 0 Å². The van der Waals surface area contributed by atoms with Gasteiger partial charge in [-0.1, -0.05) is 62.1 Å². The molecule has 5 aromatic rings. The molecule has 1 aromatic heterocycles. The Bertz CT molecular complexity index is 2680. The highest BCUT2D eigenvalue weighted by Crippen LogP contribution is 2.41. The second-order valence-corrected chi connectivity index (χ2v) is 25.5. The number of piperazine rings is 1. The Hall–Kier alpha value is -5.75. The SMILES string of the molecule is CC(C)(C)OC(=O)N1CCN(S(=O)(=O)c2ccc(Nc3cc(Oc4cccc5c(C(=O)Nc6cccc(C(F)(F)F)c6)cccc45)c4c(n3)C(COCC[Si](C)(C)C)C=C4)cc2)CC1. The molecule has 1 fully saturated rings. The maximum Gasteiger partial charge on any atom is 0.416 e. The van der Waals surface area contributed by atoms with Gasteiger partial charge in [-0.15, -0.1) is 0 Å². The van der Waals surface area contributed by atoms with Gasteiger partial charge < -0.3 is 29.7 Å². The Kier molecular flexibility index (Phi) is 13.3. The van der Waals surface area contributed by atoms with E-state index in [9.17, 15) is 31.2 Å². The largest absolute Gasteiger partial charge is 0.456 e. The summed E-state index contributed by atoms with van der Waals surface area (Å²) in [7, 11) is -5.18. The third-order valence-electron chi connectivity index (χ3n) is 10.6. The number of pyridine rings is 1. The summed E-state index contributed by atoms with van der Waals surface area (Å²) in [6.07, 6.45) is -1.07. The number of aromatic nitrogens is 1. The van der Waals surface area contributed by atoms with Gasteiger partial charge in [-0.2, -0.15) is 17.5 Å². The van der Waals surface area contributed by atoms with E-state index in [0.717, 1.165) is 29.4 Å². The van der Waals surface area contributed by atoms with Gasteiger partial charge in [0.05, 0.1) is 22.8 Å². The number of nitrogens with one attached hydrogen (secondary N) is 2. The Morgan fingerprint density at radius 1 is 0.844 bits per heavy atom. The molecule has 1 aliphatic carbocycles. The standard InChI is InChI=1S/C47H52F3N5O7SSi/c1-46(2,3)62-45(57)54-22-24-55(25-23-54)63(58,59)35-19-17-33(18-20-35)51-42-29-41(39-21-16-31(43(39)53-42)30-60-26-27-64(4,5)6)61-40-15-9-12-36-37(40)13-8-14-38(36)44(56)52-34-11-7-10-32(28-34)47(48,49)50/h7-21,28-29,31H,22-27,30H2,1-6H3,(H,51,53)(H,52,56). The molecule has 1 saturated heterocycles. The van der Waals surface area contributed by atoms with Crippen LogP contribution in [0.15, 0.2) is 102 Å². The Labute approximate surface area is 372 Å². The number of carbonyl (C=O) groups is 2. The maximum absolute atomic E-state index is 13.7. The third kappa shape index (κ3) is 11.1. The summed E-state index contributed by atoms with van der Waals surface area (Å²) < 4.78 is 87.2. The van der Waals surface area contributed by atoms with E-state index in [-0.39, 0.29) is 48.2 Å². The summed E-state index contributed by atoms with van der Waals surface area (Å²) in [5, 5.41) is 7.04. The van der Waals surface area contributed by atoms with Crippen LogP contribution in [0.1, 0.15) is 53.9 Å². The monoisotopic (exact) mass is 915 g/mol. The number of fused-ring (bicyclic) bond motifs is 2. The second-order valence-electron chi connectivity index (χ2n) is 18.0. The molecular formula is C47H52F3N5O7SSi. The lowest BCUT2D eigenvalue weighted by Crippen LogP contribution is -2.51. The van der Waals surface area contributed by atoms with Gasteiger partial charge in [0.25, 0.3) is 5.91 Å². The first kappa shape index (κ1) is 46.2. The second kappa shape index (κ2) is 18.4. The van der Waals surface area contributed by atoms with Crippen molar-refractivity contribution in [2.45, 2.75) is 69.0 Å². The highest BCUT2D eigenvalue weighted by atomic mass is 32.2. The number of hydrogen-bond acceptors (Lipinski definition) is 9. The number of alkyl halides is 3. The summed E-state index contributed by atoms with van der Waals surface area (Å²) in [5.41, 5.74) is 0.754. The third-order valence-corrected chi connectivity index (χ3v) is 14.3. The van der Waals surface area contributed by atoms with Crippen LogP contribution >= 0.6 is 0 Å². The number of hydrogen-bond donors (Lipinski definition) is 2. The number of anilines is 3. The van der Waals surface area contributed by atoms with E-state index >= 15 is 0 Å². The Morgan fingerprint density at radius 2 is 1.53 bits per heavy atom. The molecule has 1 unspecified atom stereocenters. The first-order valence-corrected chi connectivity index (χ1v) is 26.1. The van der Waals surface area contributed by atoms with Gasteiger partial charge in [-0.25, -0.2) is 18.2 Å². The Balaban J connectivity index is 1.13. The van der Waals surface area contributed by atoms with Crippen LogP contribution in [0.2, 0.25) is 25.7 Å². The lowest BCUT2D eigenvalue weighted by atomic mass is 10.0. The van der Waals surface area contributed by atoms with Crippen LogP contribution in [-0.2, 0) is 25.7 Å². The number of halogens is 3. The zero-order valence-corrected chi connectivity index (χ0v) is 38.4. The fourth-order valence-electron chi connectivity index (χ4n) is 7.28. The van der Waals surface area contributed by atoms with E-state index in [0.29, 0.717) is 47.0 Å². The van der Waals surface area contributed by atoms with E-state index in [1.165, 1.54) is 33.5 Å². The normalized spacial score (nSPS) is 15.8. The van der Waals surface area contributed by atoms with E-state index in [1.54, 1.807) is 75.4 Å². The number of sulfonamides is 1. The van der Waals surface area contributed by atoms with E-state index in [2.05, 4.69) is 30.3 Å². The van der Waals surface area contributed by atoms with Crippen LogP contribution in [0.3, 0.4) is 0 Å². The van der Waals surface area contributed by atoms with Gasteiger partial charge >= 0.3 is 12.3 Å². The van der Waals surface area contributed by atoms with Crippen LogP contribution < -0.4 is 15.4 Å². The minimum absolute atomic E-state index is 0.00822. The number of nitrogens with zero attached hydrogens (tertiary/aromatic N) is 3. The molecule has 17 heteroatoms. The van der Waals surface area contributed by atoms with Crippen molar-refractivity contribution in [2.75, 3.05) is 50.0 Å². The molecule has 0 spiro atoms. The first-order valence-electron chi connectivity index (χ1n) is 21.0. The first-order chi connectivity index (χ1) is 30.1. The number of benzene rings is 4. The van der Waals surface area contributed by atoms with Gasteiger partial charge in [0.1, 0.15) is 22.9 Å². The van der Waals surface area contributed by atoms with Crippen molar-refractivity contribution in [1.82, 2.24) is 14.2 Å². The van der Waals surface area contributed by atoms with Crippen molar-refractivity contribution in [3.05, 3.63) is 119 Å². The molecule has 2 aliphatic rings. The average molecular weight is 916 g/mol. The number of rotatable bonds is 13. The average Bonchev–Trinajstić information content (AvgIpc) is 3.64. The molecule has 64 heavy (non-hydrogen) atoms. The maximum atomic E-state index is 13.7. The molecule has 1 atom stereocenters. The molecule has 0 bridgehead atoms. The van der Waals surface area contributed by atoms with Crippen molar-refractivity contribution >= 4 is 64.1 Å². The number of ether oxygens (including phenoxy) is 3. The Morgan fingerprint density at radius 3 is 2.22 bits per heavy atom. The van der Waals surface area contributed by atoms with Crippen molar-refractivity contribution in [1.29, 1.82) is 0 Å². The summed E-state index contributed by atoms with van der Waals surface area (Å²) in [6.45, 7) is 13.9. The highest BCUT2D eigenvalue weighted by molar-refractivity contribution is 7.89. The minimum atomic E-state index is -4.57. The molecular weight excluding hydrogens is 864 g/mol. The number of carbonyl (C=O) groups excluding carboxylic acids is 2. The molecule has 2 amide bonds. The summed E-state index contributed by atoms with van der Waals surface area (Å²) in [5.74, 6) is 0.556. The van der Waals surface area contributed by atoms with Crippen molar-refractivity contribution in [3.63, 3.8) is 0 Å².